The Morgan fingerprint density at radius 2 is 1.92 bits per heavy atom. The van der Waals surface area contributed by atoms with Gasteiger partial charge in [0.1, 0.15) is 0 Å². The molecule has 0 saturated heterocycles. The van der Waals surface area contributed by atoms with Gasteiger partial charge >= 0.3 is 0 Å². The minimum Gasteiger partial charge on any atom is -0.143 e. The molecule has 0 saturated carbocycles. The van der Waals surface area contributed by atoms with E-state index in [1.54, 1.807) is 11.3 Å². The van der Waals surface area contributed by atoms with Crippen molar-refractivity contribution in [3.05, 3.63) is 32.4 Å². The van der Waals surface area contributed by atoms with E-state index < -0.39 is 0 Å². The molecule has 0 fully saturated rings. The monoisotopic (exact) mass is 254 g/mol. The van der Waals surface area contributed by atoms with Crippen LogP contribution in [0.4, 0.5) is 0 Å². The van der Waals surface area contributed by atoms with Gasteiger partial charge in [-0.1, -0.05) is 32.1 Å². The van der Waals surface area contributed by atoms with E-state index in [0.29, 0.717) is 0 Å². The van der Waals surface area contributed by atoms with E-state index >= 15 is 0 Å². The Hall–Kier alpha value is -0.340. The van der Waals surface area contributed by atoms with E-state index in [2.05, 4.69) is 59.5 Å². The van der Waals surface area contributed by atoms with Crippen molar-refractivity contribution in [2.45, 2.75) is 13.8 Å². The molecular formula is C11H11BrS. The molecule has 0 unspecified atom stereocenters. The molecule has 68 valence electrons. The third-order valence-corrected chi connectivity index (χ3v) is 4.08. The Kier molecular flexibility index (Phi) is 2.20. The van der Waals surface area contributed by atoms with Crippen LogP contribution in [0.1, 0.15) is 24.3 Å². The predicted octanol–water partition coefficient (Wildman–Crippen LogP) is 4.58. The summed E-state index contributed by atoms with van der Waals surface area (Å²) in [6.07, 6.45) is 8.91. The molecule has 0 nitrogen and oxygen atoms in total. The number of hydrogen-bond donors (Lipinski definition) is 0. The smallest absolute Gasteiger partial charge is 0.0360 e. The van der Waals surface area contributed by atoms with Gasteiger partial charge in [-0.25, -0.2) is 0 Å². The maximum atomic E-state index is 3.55. The lowest BCUT2D eigenvalue weighted by molar-refractivity contribution is 0.633. The Labute approximate surface area is 91.1 Å². The summed E-state index contributed by atoms with van der Waals surface area (Å²) in [6, 6.07) is 0. The molecule has 0 atom stereocenters. The summed E-state index contributed by atoms with van der Waals surface area (Å²) >= 11 is 5.33. The Bertz CT molecular complexity index is 383. The second kappa shape index (κ2) is 3.10. The molecule has 1 aliphatic carbocycles. The van der Waals surface area contributed by atoms with Gasteiger partial charge in [-0.3, -0.25) is 0 Å². The number of allylic oxidation sites excluding steroid dienone is 2. The van der Waals surface area contributed by atoms with Crippen LogP contribution in [0.25, 0.3) is 12.2 Å². The summed E-state index contributed by atoms with van der Waals surface area (Å²) in [5.74, 6) is 0. The van der Waals surface area contributed by atoms with Crippen LogP contribution in [0, 0.1) is 5.41 Å². The van der Waals surface area contributed by atoms with Crippen LogP contribution in [-0.2, 0) is 0 Å². The topological polar surface area (TPSA) is 0 Å². The minimum atomic E-state index is 0.179. The fourth-order valence-corrected chi connectivity index (χ4v) is 2.86. The number of hydrogen-bond acceptors (Lipinski definition) is 1. The Balaban J connectivity index is 2.54. The molecule has 13 heavy (non-hydrogen) atoms. The maximum Gasteiger partial charge on any atom is 0.0360 e. The normalized spacial score (nSPS) is 18.4. The van der Waals surface area contributed by atoms with Crippen LogP contribution in [0.15, 0.2) is 22.0 Å². The van der Waals surface area contributed by atoms with Crippen molar-refractivity contribution in [3.8, 4) is 0 Å². The van der Waals surface area contributed by atoms with Gasteiger partial charge in [0, 0.05) is 25.7 Å². The van der Waals surface area contributed by atoms with E-state index in [9.17, 15) is 0 Å². The quantitative estimate of drug-likeness (QED) is 0.636. The summed E-state index contributed by atoms with van der Waals surface area (Å²) in [5.41, 5.74) is 1.49. The lowest BCUT2D eigenvalue weighted by atomic mass is 9.93. The van der Waals surface area contributed by atoms with Gasteiger partial charge in [0.2, 0.25) is 0 Å². The first kappa shape index (κ1) is 9.22. The molecule has 2 rings (SSSR count). The lowest BCUT2D eigenvalue weighted by Gasteiger charge is -2.12. The highest BCUT2D eigenvalue weighted by Gasteiger charge is 2.14. The molecule has 0 radical (unpaired) electrons. The molecule has 1 aromatic heterocycles. The van der Waals surface area contributed by atoms with Crippen molar-refractivity contribution in [1.29, 1.82) is 0 Å². The predicted molar refractivity (Wildman–Crippen MR) is 63.9 cm³/mol. The molecule has 1 aromatic rings. The molecular weight excluding hydrogens is 244 g/mol. The molecule has 0 bridgehead atoms. The van der Waals surface area contributed by atoms with E-state index in [1.807, 2.05) is 0 Å². The van der Waals surface area contributed by atoms with Crippen LogP contribution in [0.2, 0.25) is 0 Å². The summed E-state index contributed by atoms with van der Waals surface area (Å²) < 4.78 is 1.20. The molecule has 2 heteroatoms. The van der Waals surface area contributed by atoms with Gasteiger partial charge in [0.25, 0.3) is 0 Å². The van der Waals surface area contributed by atoms with E-state index in [1.165, 1.54) is 14.9 Å². The van der Waals surface area contributed by atoms with Gasteiger partial charge in [-0.15, -0.1) is 11.3 Å². The van der Waals surface area contributed by atoms with Gasteiger partial charge in [-0.2, -0.15) is 0 Å². The van der Waals surface area contributed by atoms with Crippen LogP contribution in [0.3, 0.4) is 0 Å². The molecule has 0 N–H and O–H groups in total. The van der Waals surface area contributed by atoms with Crippen molar-refractivity contribution in [2.24, 2.45) is 5.41 Å². The zero-order chi connectivity index (χ0) is 9.47. The zero-order valence-electron chi connectivity index (χ0n) is 7.67. The van der Waals surface area contributed by atoms with Gasteiger partial charge in [-0.05, 0) is 22.0 Å². The zero-order valence-corrected chi connectivity index (χ0v) is 10.1. The number of fused-ring (bicyclic) bond motifs is 1. The Morgan fingerprint density at radius 3 is 2.69 bits per heavy atom. The molecule has 1 aliphatic rings. The highest BCUT2D eigenvalue weighted by atomic mass is 79.9. The van der Waals surface area contributed by atoms with E-state index in [4.69, 9.17) is 0 Å². The summed E-state index contributed by atoms with van der Waals surface area (Å²) in [5, 5.41) is 2.14. The minimum absolute atomic E-state index is 0.179. The van der Waals surface area contributed by atoms with Crippen molar-refractivity contribution in [1.82, 2.24) is 0 Å². The maximum absolute atomic E-state index is 3.55. The highest BCUT2D eigenvalue weighted by molar-refractivity contribution is 9.10. The van der Waals surface area contributed by atoms with E-state index in [0.717, 1.165) is 0 Å². The van der Waals surface area contributed by atoms with Crippen LogP contribution >= 0.6 is 27.3 Å². The van der Waals surface area contributed by atoms with Crippen molar-refractivity contribution >= 4 is 39.4 Å². The molecule has 0 spiro atoms. The SMILES string of the molecule is CC1(C)C=Cc2scc(Br)c2C=C1. The fraction of sp³-hybridized carbons (Fsp3) is 0.273. The van der Waals surface area contributed by atoms with Gasteiger partial charge < -0.3 is 0 Å². The van der Waals surface area contributed by atoms with Crippen LogP contribution < -0.4 is 0 Å². The molecule has 0 aromatic carbocycles. The number of rotatable bonds is 0. The van der Waals surface area contributed by atoms with Crippen LogP contribution in [0.5, 0.6) is 0 Å². The number of halogens is 1. The largest absolute Gasteiger partial charge is 0.143 e. The number of thiophene rings is 1. The second-order valence-electron chi connectivity index (χ2n) is 3.85. The van der Waals surface area contributed by atoms with Crippen molar-refractivity contribution in [3.63, 3.8) is 0 Å². The molecule has 0 amide bonds. The first-order valence-corrected chi connectivity index (χ1v) is 5.91. The third-order valence-electron chi connectivity index (χ3n) is 2.16. The molecule has 0 aliphatic heterocycles. The third kappa shape index (κ3) is 1.79. The van der Waals surface area contributed by atoms with Gasteiger partial charge in [0.15, 0.2) is 0 Å². The second-order valence-corrected chi connectivity index (χ2v) is 5.62. The first-order valence-electron chi connectivity index (χ1n) is 4.24. The summed E-state index contributed by atoms with van der Waals surface area (Å²) in [6.45, 7) is 4.43. The van der Waals surface area contributed by atoms with Crippen molar-refractivity contribution in [2.75, 3.05) is 0 Å². The highest BCUT2D eigenvalue weighted by Crippen LogP contribution is 2.35. The summed E-state index contributed by atoms with van der Waals surface area (Å²) in [4.78, 5) is 1.34. The van der Waals surface area contributed by atoms with Crippen molar-refractivity contribution < 1.29 is 0 Å². The summed E-state index contributed by atoms with van der Waals surface area (Å²) in [7, 11) is 0. The Morgan fingerprint density at radius 1 is 1.23 bits per heavy atom. The average Bonchev–Trinajstić information content (AvgIpc) is 2.32. The average molecular weight is 255 g/mol. The first-order chi connectivity index (χ1) is 6.08. The van der Waals surface area contributed by atoms with E-state index in [-0.39, 0.29) is 5.41 Å². The van der Waals surface area contributed by atoms with Crippen LogP contribution in [-0.4, -0.2) is 0 Å². The standard InChI is InChI=1S/C11H11BrS/c1-11(2)5-3-8-9(12)7-13-10(8)4-6-11/h3-7H,1-2H3. The fourth-order valence-electron chi connectivity index (χ4n) is 1.29. The van der Waals surface area contributed by atoms with Gasteiger partial charge in [0.05, 0.1) is 0 Å². The lowest BCUT2D eigenvalue weighted by Crippen LogP contribution is -2.00. The molecule has 1 heterocycles.